The maximum absolute atomic E-state index is 5.14. The summed E-state index contributed by atoms with van der Waals surface area (Å²) in [4.78, 5) is 4.24. The molecule has 0 radical (unpaired) electrons. The predicted octanol–water partition coefficient (Wildman–Crippen LogP) is 2.47. The largest absolute Gasteiger partial charge is 0.385 e. The van der Waals surface area contributed by atoms with Crippen molar-refractivity contribution >= 4 is 0 Å². The van der Waals surface area contributed by atoms with E-state index in [2.05, 4.69) is 30.2 Å². The van der Waals surface area contributed by atoms with Crippen molar-refractivity contribution in [1.29, 1.82) is 0 Å². The van der Waals surface area contributed by atoms with E-state index in [9.17, 15) is 0 Å². The average molecular weight is 222 g/mol. The zero-order chi connectivity index (χ0) is 11.8. The molecular formula is C13H22N2O. The van der Waals surface area contributed by atoms with E-state index in [1.54, 1.807) is 7.11 Å². The number of nitrogens with zero attached hydrogens (tertiary/aromatic N) is 1. The first kappa shape index (κ1) is 13.1. The Bertz CT molecular complexity index is 294. The summed E-state index contributed by atoms with van der Waals surface area (Å²) in [5, 5.41) is 3.53. The minimum absolute atomic E-state index is 0.354. The number of methoxy groups -OCH3 is 1. The van der Waals surface area contributed by atoms with Crippen LogP contribution >= 0.6 is 0 Å². The molecule has 0 aliphatic heterocycles. The lowest BCUT2D eigenvalue weighted by Crippen LogP contribution is -2.23. The summed E-state index contributed by atoms with van der Waals surface area (Å²) in [5.41, 5.74) is 2.46. The van der Waals surface area contributed by atoms with Gasteiger partial charge in [0.15, 0.2) is 0 Å². The second-order valence-corrected chi connectivity index (χ2v) is 4.08. The minimum Gasteiger partial charge on any atom is -0.385 e. The van der Waals surface area contributed by atoms with Crippen LogP contribution in [0.25, 0.3) is 0 Å². The quantitative estimate of drug-likeness (QED) is 0.769. The molecule has 0 saturated carbocycles. The molecule has 0 aliphatic carbocycles. The smallest absolute Gasteiger partial charge is 0.0480 e. The average Bonchev–Trinajstić information content (AvgIpc) is 2.29. The van der Waals surface area contributed by atoms with Gasteiger partial charge >= 0.3 is 0 Å². The van der Waals surface area contributed by atoms with Crippen LogP contribution in [0.1, 0.15) is 36.9 Å². The van der Waals surface area contributed by atoms with Gasteiger partial charge in [-0.3, -0.25) is 4.98 Å². The van der Waals surface area contributed by atoms with E-state index in [4.69, 9.17) is 4.74 Å². The fourth-order valence-electron chi connectivity index (χ4n) is 1.71. The monoisotopic (exact) mass is 222 g/mol. The van der Waals surface area contributed by atoms with Crippen molar-refractivity contribution in [2.75, 3.05) is 20.3 Å². The molecule has 0 spiro atoms. The lowest BCUT2D eigenvalue weighted by atomic mass is 10.0. The highest BCUT2D eigenvalue weighted by molar-refractivity contribution is 5.20. The molecule has 3 nitrogen and oxygen atoms in total. The zero-order valence-corrected chi connectivity index (χ0v) is 10.5. The van der Waals surface area contributed by atoms with Gasteiger partial charge in [0.25, 0.3) is 0 Å². The van der Waals surface area contributed by atoms with Crippen LogP contribution in [0.5, 0.6) is 0 Å². The topological polar surface area (TPSA) is 34.1 Å². The number of aromatic nitrogens is 1. The molecule has 1 unspecified atom stereocenters. The third-order valence-corrected chi connectivity index (χ3v) is 2.55. The lowest BCUT2D eigenvalue weighted by molar-refractivity contribution is 0.183. The molecule has 0 amide bonds. The minimum atomic E-state index is 0.354. The lowest BCUT2D eigenvalue weighted by Gasteiger charge is -2.18. The maximum atomic E-state index is 5.14. The molecule has 0 bridgehead atoms. The number of pyridine rings is 1. The Morgan fingerprint density at radius 3 is 2.88 bits per heavy atom. The van der Waals surface area contributed by atoms with Crippen molar-refractivity contribution in [3.8, 4) is 0 Å². The molecule has 90 valence electrons. The van der Waals surface area contributed by atoms with E-state index in [1.807, 2.05) is 12.4 Å². The van der Waals surface area contributed by atoms with Crippen molar-refractivity contribution in [3.05, 3.63) is 29.6 Å². The summed E-state index contributed by atoms with van der Waals surface area (Å²) in [6, 6.07) is 2.54. The van der Waals surface area contributed by atoms with Gasteiger partial charge < -0.3 is 10.1 Å². The van der Waals surface area contributed by atoms with Gasteiger partial charge in [-0.1, -0.05) is 13.0 Å². The fourth-order valence-corrected chi connectivity index (χ4v) is 1.71. The van der Waals surface area contributed by atoms with Crippen molar-refractivity contribution in [3.63, 3.8) is 0 Å². The van der Waals surface area contributed by atoms with Crippen LogP contribution in [0.4, 0.5) is 0 Å². The van der Waals surface area contributed by atoms with Gasteiger partial charge in [-0.15, -0.1) is 0 Å². The van der Waals surface area contributed by atoms with Gasteiger partial charge in [0, 0.05) is 32.2 Å². The Balaban J connectivity index is 2.66. The number of rotatable bonds is 7. The van der Waals surface area contributed by atoms with Crippen LogP contribution < -0.4 is 5.32 Å². The van der Waals surface area contributed by atoms with Gasteiger partial charge in [-0.25, -0.2) is 0 Å². The first-order chi connectivity index (χ1) is 7.77. The molecule has 16 heavy (non-hydrogen) atoms. The molecule has 1 atom stereocenters. The molecule has 1 heterocycles. The summed E-state index contributed by atoms with van der Waals surface area (Å²) in [7, 11) is 1.74. The summed E-state index contributed by atoms with van der Waals surface area (Å²) in [5.74, 6) is 0. The van der Waals surface area contributed by atoms with Gasteiger partial charge in [-0.05, 0) is 37.4 Å². The van der Waals surface area contributed by atoms with Crippen molar-refractivity contribution in [1.82, 2.24) is 10.3 Å². The van der Waals surface area contributed by atoms with Gasteiger partial charge in [0.1, 0.15) is 0 Å². The van der Waals surface area contributed by atoms with Crippen LogP contribution in [0.3, 0.4) is 0 Å². The molecule has 0 aromatic carbocycles. The highest BCUT2D eigenvalue weighted by atomic mass is 16.5. The summed E-state index contributed by atoms with van der Waals surface area (Å²) in [6.45, 7) is 6.05. The number of nitrogens with one attached hydrogen (secondary N) is 1. The third kappa shape index (κ3) is 4.29. The van der Waals surface area contributed by atoms with E-state index in [-0.39, 0.29) is 0 Å². The summed E-state index contributed by atoms with van der Waals surface area (Å²) >= 11 is 0. The standard InChI is InChI=1S/C13H22N2O/c1-4-6-15-13(5-7-16-3)12-8-11(2)9-14-10-12/h8-10,13,15H,4-7H2,1-3H3. The van der Waals surface area contributed by atoms with Crippen LogP contribution in [0, 0.1) is 6.92 Å². The summed E-state index contributed by atoms with van der Waals surface area (Å²) < 4.78 is 5.14. The molecule has 1 N–H and O–H groups in total. The fraction of sp³-hybridized carbons (Fsp3) is 0.615. The number of ether oxygens (including phenoxy) is 1. The first-order valence-electron chi connectivity index (χ1n) is 5.91. The number of aryl methyl sites for hydroxylation is 1. The molecule has 1 aromatic rings. The van der Waals surface area contributed by atoms with Gasteiger partial charge in [0.05, 0.1) is 0 Å². The van der Waals surface area contributed by atoms with Crippen LogP contribution in [-0.4, -0.2) is 25.2 Å². The van der Waals surface area contributed by atoms with Crippen molar-refractivity contribution in [2.24, 2.45) is 0 Å². The first-order valence-corrected chi connectivity index (χ1v) is 5.91. The summed E-state index contributed by atoms with van der Waals surface area (Å²) in [6.07, 6.45) is 5.96. The Kier molecular flexibility index (Phi) is 6.04. The molecular weight excluding hydrogens is 200 g/mol. The second kappa shape index (κ2) is 7.36. The Labute approximate surface area is 98.2 Å². The number of hydrogen-bond donors (Lipinski definition) is 1. The third-order valence-electron chi connectivity index (χ3n) is 2.55. The second-order valence-electron chi connectivity index (χ2n) is 4.08. The highest BCUT2D eigenvalue weighted by Crippen LogP contribution is 2.16. The van der Waals surface area contributed by atoms with Gasteiger partial charge in [0.2, 0.25) is 0 Å². The molecule has 1 rings (SSSR count). The van der Waals surface area contributed by atoms with E-state index in [0.717, 1.165) is 26.0 Å². The van der Waals surface area contributed by atoms with E-state index < -0.39 is 0 Å². The molecule has 0 fully saturated rings. The molecule has 0 saturated heterocycles. The SMILES string of the molecule is CCCNC(CCOC)c1cncc(C)c1. The molecule has 0 aliphatic rings. The van der Waals surface area contributed by atoms with Crippen molar-refractivity contribution in [2.45, 2.75) is 32.7 Å². The Morgan fingerprint density at radius 2 is 2.25 bits per heavy atom. The van der Waals surface area contributed by atoms with E-state index in [0.29, 0.717) is 6.04 Å². The molecule has 1 aromatic heterocycles. The van der Waals surface area contributed by atoms with E-state index >= 15 is 0 Å². The van der Waals surface area contributed by atoms with Crippen LogP contribution in [0.2, 0.25) is 0 Å². The Hall–Kier alpha value is -0.930. The Morgan fingerprint density at radius 1 is 1.44 bits per heavy atom. The zero-order valence-electron chi connectivity index (χ0n) is 10.5. The molecule has 3 heteroatoms. The maximum Gasteiger partial charge on any atom is 0.0480 e. The highest BCUT2D eigenvalue weighted by Gasteiger charge is 2.10. The predicted molar refractivity (Wildman–Crippen MR) is 66.5 cm³/mol. The van der Waals surface area contributed by atoms with Gasteiger partial charge in [-0.2, -0.15) is 0 Å². The van der Waals surface area contributed by atoms with Crippen LogP contribution in [-0.2, 0) is 4.74 Å². The van der Waals surface area contributed by atoms with Crippen molar-refractivity contribution < 1.29 is 4.74 Å². The normalized spacial score (nSPS) is 12.7. The van der Waals surface area contributed by atoms with E-state index in [1.165, 1.54) is 11.1 Å². The number of hydrogen-bond acceptors (Lipinski definition) is 3. The van der Waals surface area contributed by atoms with Crippen LogP contribution in [0.15, 0.2) is 18.5 Å².